The highest BCUT2D eigenvalue weighted by atomic mass is 16.1. The summed E-state index contributed by atoms with van der Waals surface area (Å²) in [6.07, 6.45) is 19.2. The first-order chi connectivity index (χ1) is 11.5. The van der Waals surface area contributed by atoms with Gasteiger partial charge in [-0.1, -0.05) is 104 Å². The Balaban J connectivity index is 3.08. The number of hydrogen-bond donors (Lipinski definition) is 1. The molecular formula is C22H43NO. The second kappa shape index (κ2) is 17.0. The van der Waals surface area contributed by atoms with Crippen molar-refractivity contribution < 1.29 is 4.79 Å². The van der Waals surface area contributed by atoms with Crippen LogP contribution < -0.4 is 5.32 Å². The molecule has 0 aliphatic carbocycles. The molecule has 0 radical (unpaired) electrons. The fourth-order valence-corrected chi connectivity index (χ4v) is 2.97. The summed E-state index contributed by atoms with van der Waals surface area (Å²) in [5, 5.41) is 2.89. The average Bonchev–Trinajstić information content (AvgIpc) is 2.53. The van der Waals surface area contributed by atoms with Gasteiger partial charge in [0.15, 0.2) is 0 Å². The number of carbonyl (C=O) groups is 1. The average molecular weight is 338 g/mol. The van der Waals surface area contributed by atoms with Gasteiger partial charge in [0.1, 0.15) is 0 Å². The van der Waals surface area contributed by atoms with Crippen LogP contribution in [0.5, 0.6) is 0 Å². The van der Waals surface area contributed by atoms with Gasteiger partial charge in [0, 0.05) is 12.1 Å². The van der Waals surface area contributed by atoms with Crippen molar-refractivity contribution in [1.82, 2.24) is 5.32 Å². The van der Waals surface area contributed by atoms with E-state index in [0.717, 1.165) is 18.9 Å². The minimum atomic E-state index is -0.00470. The maximum absolute atomic E-state index is 11.3. The van der Waals surface area contributed by atoms with Crippen LogP contribution in [0.4, 0.5) is 0 Å². The van der Waals surface area contributed by atoms with Crippen LogP contribution in [0.25, 0.3) is 0 Å². The molecule has 0 rings (SSSR count). The second-order valence-corrected chi connectivity index (χ2v) is 7.81. The highest BCUT2D eigenvalue weighted by Gasteiger charge is 1.99. The lowest BCUT2D eigenvalue weighted by atomic mass is 10.0. The quantitative estimate of drug-likeness (QED) is 0.229. The van der Waals surface area contributed by atoms with Gasteiger partial charge >= 0.3 is 0 Å². The Labute approximate surface area is 151 Å². The molecule has 0 heterocycles. The molecule has 0 spiro atoms. The zero-order chi connectivity index (χ0) is 18.0. The Hall–Kier alpha value is -0.790. The van der Waals surface area contributed by atoms with Crippen LogP contribution in [0, 0.1) is 5.92 Å². The van der Waals surface area contributed by atoms with Crippen molar-refractivity contribution in [2.45, 2.75) is 111 Å². The SMILES string of the molecule is C=C(C)C(=O)NCCCCCCCCCCCCCCCC(C)C. The van der Waals surface area contributed by atoms with Crippen molar-refractivity contribution in [3.63, 3.8) is 0 Å². The predicted molar refractivity (Wildman–Crippen MR) is 107 cm³/mol. The summed E-state index contributed by atoms with van der Waals surface area (Å²) in [5.41, 5.74) is 0.602. The summed E-state index contributed by atoms with van der Waals surface area (Å²) >= 11 is 0. The number of amides is 1. The van der Waals surface area contributed by atoms with E-state index in [1.807, 2.05) is 0 Å². The molecule has 0 aromatic rings. The smallest absolute Gasteiger partial charge is 0.246 e. The van der Waals surface area contributed by atoms with Gasteiger partial charge in [0.05, 0.1) is 0 Å². The van der Waals surface area contributed by atoms with Crippen molar-refractivity contribution in [1.29, 1.82) is 0 Å². The van der Waals surface area contributed by atoms with E-state index in [0.29, 0.717) is 5.57 Å². The van der Waals surface area contributed by atoms with E-state index >= 15 is 0 Å². The third-order valence-corrected chi connectivity index (χ3v) is 4.63. The maximum Gasteiger partial charge on any atom is 0.246 e. The van der Waals surface area contributed by atoms with Gasteiger partial charge in [-0.05, 0) is 19.3 Å². The molecule has 2 heteroatoms. The van der Waals surface area contributed by atoms with Crippen molar-refractivity contribution in [3.05, 3.63) is 12.2 Å². The lowest BCUT2D eigenvalue weighted by Crippen LogP contribution is -2.24. The lowest BCUT2D eigenvalue weighted by Gasteiger charge is -2.05. The number of unbranched alkanes of at least 4 members (excludes halogenated alkanes) is 12. The molecule has 0 saturated heterocycles. The van der Waals surface area contributed by atoms with Gasteiger partial charge in [0.25, 0.3) is 0 Å². The highest BCUT2D eigenvalue weighted by Crippen LogP contribution is 2.14. The van der Waals surface area contributed by atoms with Crippen molar-refractivity contribution in [3.8, 4) is 0 Å². The molecule has 0 bridgehead atoms. The molecule has 142 valence electrons. The minimum absolute atomic E-state index is 0.00470. The van der Waals surface area contributed by atoms with Crippen LogP contribution in [0.3, 0.4) is 0 Å². The first-order valence-electron chi connectivity index (χ1n) is 10.5. The van der Waals surface area contributed by atoms with Crippen molar-refractivity contribution >= 4 is 5.91 Å². The van der Waals surface area contributed by atoms with E-state index in [1.165, 1.54) is 83.5 Å². The summed E-state index contributed by atoms with van der Waals surface area (Å²) < 4.78 is 0. The van der Waals surface area contributed by atoms with Crippen LogP contribution in [-0.4, -0.2) is 12.5 Å². The molecule has 0 aromatic carbocycles. The number of nitrogens with one attached hydrogen (secondary N) is 1. The molecule has 1 N–H and O–H groups in total. The third kappa shape index (κ3) is 17.6. The third-order valence-electron chi connectivity index (χ3n) is 4.63. The fourth-order valence-electron chi connectivity index (χ4n) is 2.97. The fraction of sp³-hybridized carbons (Fsp3) is 0.864. The highest BCUT2D eigenvalue weighted by molar-refractivity contribution is 5.91. The first kappa shape index (κ1) is 23.2. The molecule has 0 fully saturated rings. The Bertz CT molecular complexity index is 309. The Morgan fingerprint density at radius 1 is 0.750 bits per heavy atom. The Kier molecular flexibility index (Phi) is 16.5. The van der Waals surface area contributed by atoms with Gasteiger partial charge < -0.3 is 5.32 Å². The number of hydrogen-bond acceptors (Lipinski definition) is 1. The van der Waals surface area contributed by atoms with E-state index in [-0.39, 0.29) is 5.91 Å². The summed E-state index contributed by atoms with van der Waals surface area (Å²) in [5.74, 6) is 0.870. The van der Waals surface area contributed by atoms with Crippen molar-refractivity contribution in [2.75, 3.05) is 6.54 Å². The molecule has 0 saturated carbocycles. The van der Waals surface area contributed by atoms with E-state index < -0.39 is 0 Å². The van der Waals surface area contributed by atoms with Gasteiger partial charge in [-0.25, -0.2) is 0 Å². The molecule has 0 aromatic heterocycles. The monoisotopic (exact) mass is 337 g/mol. The van der Waals surface area contributed by atoms with Gasteiger partial charge in [0.2, 0.25) is 5.91 Å². The summed E-state index contributed by atoms with van der Waals surface area (Å²) in [4.78, 5) is 11.3. The molecule has 2 nitrogen and oxygen atoms in total. The summed E-state index contributed by atoms with van der Waals surface area (Å²) in [6, 6.07) is 0. The molecule has 0 aliphatic heterocycles. The molecule has 1 amide bonds. The van der Waals surface area contributed by atoms with E-state index in [4.69, 9.17) is 0 Å². The van der Waals surface area contributed by atoms with E-state index in [1.54, 1.807) is 6.92 Å². The Morgan fingerprint density at radius 2 is 1.12 bits per heavy atom. The van der Waals surface area contributed by atoms with Gasteiger partial charge in [-0.3, -0.25) is 4.79 Å². The largest absolute Gasteiger partial charge is 0.352 e. The van der Waals surface area contributed by atoms with Gasteiger partial charge in [-0.2, -0.15) is 0 Å². The zero-order valence-electron chi connectivity index (χ0n) is 16.8. The molecule has 0 unspecified atom stereocenters. The molecule has 24 heavy (non-hydrogen) atoms. The zero-order valence-corrected chi connectivity index (χ0v) is 16.8. The van der Waals surface area contributed by atoms with Crippen LogP contribution in [-0.2, 0) is 4.79 Å². The van der Waals surface area contributed by atoms with Crippen LogP contribution in [0.1, 0.15) is 111 Å². The first-order valence-corrected chi connectivity index (χ1v) is 10.5. The topological polar surface area (TPSA) is 29.1 Å². The summed E-state index contributed by atoms with van der Waals surface area (Å²) in [7, 11) is 0. The van der Waals surface area contributed by atoms with Gasteiger partial charge in [-0.15, -0.1) is 0 Å². The Morgan fingerprint density at radius 3 is 1.50 bits per heavy atom. The van der Waals surface area contributed by atoms with Crippen LogP contribution >= 0.6 is 0 Å². The molecular weight excluding hydrogens is 294 g/mol. The van der Waals surface area contributed by atoms with E-state index in [2.05, 4.69) is 25.7 Å². The summed E-state index contributed by atoms with van der Waals surface area (Å²) in [6.45, 7) is 10.8. The molecule has 0 atom stereocenters. The van der Waals surface area contributed by atoms with Crippen LogP contribution in [0.15, 0.2) is 12.2 Å². The number of rotatable bonds is 17. The predicted octanol–water partition coefficient (Wildman–Crippen LogP) is 6.80. The number of carbonyl (C=O) groups excluding carboxylic acids is 1. The normalized spacial score (nSPS) is 11.0. The lowest BCUT2D eigenvalue weighted by molar-refractivity contribution is -0.117. The second-order valence-electron chi connectivity index (χ2n) is 7.81. The van der Waals surface area contributed by atoms with E-state index in [9.17, 15) is 4.79 Å². The minimum Gasteiger partial charge on any atom is -0.352 e. The van der Waals surface area contributed by atoms with Crippen molar-refractivity contribution in [2.24, 2.45) is 5.92 Å². The standard InChI is InChI=1S/C22H43NO/c1-20(2)18-16-14-12-10-8-6-5-7-9-11-13-15-17-19-23-22(24)21(3)4/h20H,3,5-19H2,1-2,4H3,(H,23,24). The van der Waals surface area contributed by atoms with Crippen LogP contribution in [0.2, 0.25) is 0 Å². The molecule has 0 aliphatic rings. The maximum atomic E-state index is 11.3.